The van der Waals surface area contributed by atoms with Crippen molar-refractivity contribution >= 4 is 18.4 Å². The molecule has 2 atom stereocenters. The summed E-state index contributed by atoms with van der Waals surface area (Å²) in [5.74, 6) is -0.211. The molecule has 0 amide bonds. The molecule has 2 aromatic rings. The quantitative estimate of drug-likeness (QED) is 0.909. The third-order valence-corrected chi connectivity index (χ3v) is 4.25. The molecule has 0 spiro atoms. The predicted octanol–water partition coefficient (Wildman–Crippen LogP) is 3.30. The molecular weight excluding hydrogens is 298 g/mol. The summed E-state index contributed by atoms with van der Waals surface area (Å²) < 4.78 is 0. The second-order valence-corrected chi connectivity index (χ2v) is 5.59. The number of halogens is 1. The number of aliphatic carboxylic acids is 1. The highest BCUT2D eigenvalue weighted by molar-refractivity contribution is 5.85. The average Bonchev–Trinajstić information content (AvgIpc) is 3.00. The molecule has 0 aliphatic carbocycles. The fraction of sp³-hybridized carbons (Fsp3) is 0.278. The van der Waals surface area contributed by atoms with E-state index in [1.165, 1.54) is 11.1 Å². The summed E-state index contributed by atoms with van der Waals surface area (Å²) in [4.78, 5) is 11.2. The third-order valence-electron chi connectivity index (χ3n) is 4.25. The Hall–Kier alpha value is -1.84. The molecule has 22 heavy (non-hydrogen) atoms. The number of carboxylic acid groups (broad SMARTS) is 1. The lowest BCUT2D eigenvalue weighted by Gasteiger charge is -2.24. The van der Waals surface area contributed by atoms with Gasteiger partial charge in [-0.1, -0.05) is 60.7 Å². The monoisotopic (exact) mass is 317 g/mol. The van der Waals surface area contributed by atoms with Crippen LogP contribution in [-0.4, -0.2) is 23.7 Å². The standard InChI is InChI=1S/C18H19NO2.ClH/c20-18(21)16-11-15(12-19-16)17(13-7-3-1-4-8-13)14-9-5-2-6-10-14;/h1-10,15-17,19H,11-12H2,(H,20,21);1H/t15-,16+;/m1./s1. The van der Waals surface area contributed by atoms with Gasteiger partial charge < -0.3 is 10.4 Å². The van der Waals surface area contributed by atoms with Crippen LogP contribution in [0.25, 0.3) is 0 Å². The van der Waals surface area contributed by atoms with E-state index in [4.69, 9.17) is 0 Å². The molecule has 1 fully saturated rings. The van der Waals surface area contributed by atoms with E-state index in [9.17, 15) is 9.90 Å². The predicted molar refractivity (Wildman–Crippen MR) is 89.5 cm³/mol. The average molecular weight is 318 g/mol. The first-order chi connectivity index (χ1) is 10.3. The number of hydrogen-bond acceptors (Lipinski definition) is 2. The van der Waals surface area contributed by atoms with Gasteiger partial charge in [-0.2, -0.15) is 0 Å². The van der Waals surface area contributed by atoms with Crippen LogP contribution < -0.4 is 5.32 Å². The van der Waals surface area contributed by atoms with Crippen molar-refractivity contribution in [3.63, 3.8) is 0 Å². The Bertz CT molecular complexity index is 563. The van der Waals surface area contributed by atoms with Crippen LogP contribution in [-0.2, 0) is 4.79 Å². The molecule has 4 heteroatoms. The Morgan fingerprint density at radius 3 is 1.91 bits per heavy atom. The van der Waals surface area contributed by atoms with Gasteiger partial charge in [-0.3, -0.25) is 4.79 Å². The number of hydrogen-bond donors (Lipinski definition) is 2. The van der Waals surface area contributed by atoms with Gasteiger partial charge in [0.05, 0.1) is 0 Å². The Labute approximate surface area is 136 Å². The Balaban J connectivity index is 0.00000176. The Kier molecular flexibility index (Phi) is 5.58. The molecule has 1 aliphatic rings. The lowest BCUT2D eigenvalue weighted by atomic mass is 9.79. The van der Waals surface area contributed by atoms with Crippen molar-refractivity contribution in [2.75, 3.05) is 6.54 Å². The lowest BCUT2D eigenvalue weighted by molar-refractivity contribution is -0.139. The number of carboxylic acids is 1. The lowest BCUT2D eigenvalue weighted by Crippen LogP contribution is -2.29. The summed E-state index contributed by atoms with van der Waals surface area (Å²) in [5, 5.41) is 12.3. The first-order valence-corrected chi connectivity index (χ1v) is 7.32. The smallest absolute Gasteiger partial charge is 0.320 e. The van der Waals surface area contributed by atoms with Crippen LogP contribution in [0.2, 0.25) is 0 Å². The van der Waals surface area contributed by atoms with Gasteiger partial charge in [-0.05, 0) is 30.0 Å². The molecule has 1 saturated heterocycles. The third kappa shape index (κ3) is 3.49. The zero-order chi connectivity index (χ0) is 14.7. The van der Waals surface area contributed by atoms with Crippen molar-refractivity contribution in [1.29, 1.82) is 0 Å². The van der Waals surface area contributed by atoms with Gasteiger partial charge in [0, 0.05) is 5.92 Å². The van der Waals surface area contributed by atoms with E-state index < -0.39 is 12.0 Å². The summed E-state index contributed by atoms with van der Waals surface area (Å²) in [6, 6.07) is 20.3. The molecule has 3 rings (SSSR count). The van der Waals surface area contributed by atoms with Crippen LogP contribution in [0, 0.1) is 5.92 Å². The highest BCUT2D eigenvalue weighted by Crippen LogP contribution is 2.36. The number of nitrogens with one attached hydrogen (secondary N) is 1. The van der Waals surface area contributed by atoms with Crippen LogP contribution in [0.1, 0.15) is 23.5 Å². The zero-order valence-corrected chi connectivity index (χ0v) is 13.0. The van der Waals surface area contributed by atoms with Crippen LogP contribution in [0.4, 0.5) is 0 Å². The minimum Gasteiger partial charge on any atom is -0.480 e. The molecule has 0 aromatic heterocycles. The minimum atomic E-state index is -0.752. The maximum atomic E-state index is 11.2. The molecule has 0 radical (unpaired) electrons. The van der Waals surface area contributed by atoms with E-state index in [0.717, 1.165) is 6.54 Å². The van der Waals surface area contributed by atoms with Gasteiger partial charge in [0.1, 0.15) is 6.04 Å². The van der Waals surface area contributed by atoms with Crippen molar-refractivity contribution in [3.8, 4) is 0 Å². The molecule has 2 aromatic carbocycles. The fourth-order valence-corrected chi connectivity index (χ4v) is 3.26. The summed E-state index contributed by atoms with van der Waals surface area (Å²) >= 11 is 0. The first kappa shape index (κ1) is 16.5. The van der Waals surface area contributed by atoms with E-state index in [2.05, 4.69) is 29.6 Å². The molecule has 0 unspecified atom stereocenters. The van der Waals surface area contributed by atoms with Crippen LogP contribution in [0.15, 0.2) is 60.7 Å². The van der Waals surface area contributed by atoms with Crippen molar-refractivity contribution in [2.45, 2.75) is 18.4 Å². The molecule has 3 nitrogen and oxygen atoms in total. The number of benzene rings is 2. The SMILES string of the molecule is Cl.O=C(O)[C@@H]1C[C@@H](C(c2ccccc2)c2ccccc2)CN1. The summed E-state index contributed by atoms with van der Waals surface area (Å²) in [6.45, 7) is 0.741. The van der Waals surface area contributed by atoms with E-state index in [0.29, 0.717) is 12.3 Å². The van der Waals surface area contributed by atoms with Gasteiger partial charge in [-0.15, -0.1) is 12.4 Å². The second kappa shape index (κ2) is 7.43. The molecule has 1 heterocycles. The summed E-state index contributed by atoms with van der Waals surface area (Å²) in [6.07, 6.45) is 0.670. The fourth-order valence-electron chi connectivity index (χ4n) is 3.26. The Morgan fingerprint density at radius 1 is 1.00 bits per heavy atom. The van der Waals surface area contributed by atoms with Crippen LogP contribution >= 0.6 is 12.4 Å². The highest BCUT2D eigenvalue weighted by Gasteiger charge is 2.35. The minimum absolute atomic E-state index is 0. The van der Waals surface area contributed by atoms with Gasteiger partial charge in [-0.25, -0.2) is 0 Å². The van der Waals surface area contributed by atoms with Gasteiger partial charge >= 0.3 is 5.97 Å². The van der Waals surface area contributed by atoms with E-state index >= 15 is 0 Å². The van der Waals surface area contributed by atoms with E-state index in [1.807, 2.05) is 36.4 Å². The maximum Gasteiger partial charge on any atom is 0.320 e. The van der Waals surface area contributed by atoms with Crippen molar-refractivity contribution < 1.29 is 9.90 Å². The van der Waals surface area contributed by atoms with Crippen molar-refractivity contribution in [2.24, 2.45) is 5.92 Å². The van der Waals surface area contributed by atoms with E-state index in [-0.39, 0.29) is 18.3 Å². The number of carbonyl (C=O) groups is 1. The molecule has 116 valence electrons. The molecule has 2 N–H and O–H groups in total. The molecule has 0 bridgehead atoms. The van der Waals surface area contributed by atoms with Gasteiger partial charge in [0.2, 0.25) is 0 Å². The topological polar surface area (TPSA) is 49.3 Å². The highest BCUT2D eigenvalue weighted by atomic mass is 35.5. The van der Waals surface area contributed by atoms with Gasteiger partial charge in [0.15, 0.2) is 0 Å². The normalized spacial score (nSPS) is 20.6. The van der Waals surface area contributed by atoms with Gasteiger partial charge in [0.25, 0.3) is 0 Å². The summed E-state index contributed by atoms with van der Waals surface area (Å²) in [5.41, 5.74) is 2.50. The Morgan fingerprint density at radius 2 is 1.50 bits per heavy atom. The number of rotatable bonds is 4. The largest absolute Gasteiger partial charge is 0.480 e. The second-order valence-electron chi connectivity index (χ2n) is 5.59. The van der Waals surface area contributed by atoms with Crippen molar-refractivity contribution in [1.82, 2.24) is 5.32 Å². The molecule has 1 aliphatic heterocycles. The maximum absolute atomic E-state index is 11.2. The molecular formula is C18H20ClNO2. The van der Waals surface area contributed by atoms with Crippen molar-refractivity contribution in [3.05, 3.63) is 71.8 Å². The summed E-state index contributed by atoms with van der Waals surface area (Å²) in [7, 11) is 0. The first-order valence-electron chi connectivity index (χ1n) is 7.32. The molecule has 0 saturated carbocycles. The van der Waals surface area contributed by atoms with E-state index in [1.54, 1.807) is 0 Å². The van der Waals surface area contributed by atoms with Crippen LogP contribution in [0.3, 0.4) is 0 Å². The zero-order valence-electron chi connectivity index (χ0n) is 12.2. The van der Waals surface area contributed by atoms with Crippen LogP contribution in [0.5, 0.6) is 0 Å².